The zero-order valence-corrected chi connectivity index (χ0v) is 14.1. The summed E-state index contributed by atoms with van der Waals surface area (Å²) in [6, 6.07) is 16.3. The molecule has 0 aliphatic rings. The minimum absolute atomic E-state index is 0.493. The molecule has 24 heavy (non-hydrogen) atoms. The molecule has 0 fully saturated rings. The summed E-state index contributed by atoms with van der Waals surface area (Å²) in [5, 5.41) is 8.20. The minimum atomic E-state index is 0.493. The van der Waals surface area contributed by atoms with Gasteiger partial charge in [0, 0.05) is 6.54 Å². The van der Waals surface area contributed by atoms with Gasteiger partial charge in [0.05, 0.1) is 16.7 Å². The van der Waals surface area contributed by atoms with Crippen LogP contribution >= 0.6 is 0 Å². The van der Waals surface area contributed by atoms with Crippen molar-refractivity contribution in [1.29, 1.82) is 5.41 Å². The molecule has 3 nitrogen and oxygen atoms in total. The summed E-state index contributed by atoms with van der Waals surface area (Å²) < 4.78 is 2.21. The van der Waals surface area contributed by atoms with Crippen molar-refractivity contribution in [2.75, 3.05) is 0 Å². The molecule has 0 aliphatic carbocycles. The van der Waals surface area contributed by atoms with Gasteiger partial charge in [-0.2, -0.15) is 0 Å². The molecule has 0 bridgehead atoms. The van der Waals surface area contributed by atoms with E-state index in [1.807, 2.05) is 50.3 Å². The molecule has 0 aliphatic heterocycles. The molecule has 0 radical (unpaired) electrons. The second-order valence-electron chi connectivity index (χ2n) is 6.03. The van der Waals surface area contributed by atoms with E-state index in [9.17, 15) is 0 Å². The Morgan fingerprint density at radius 2 is 1.96 bits per heavy atom. The molecule has 0 amide bonds. The van der Waals surface area contributed by atoms with Crippen LogP contribution in [-0.2, 0) is 6.54 Å². The quantitative estimate of drug-likeness (QED) is 0.528. The molecule has 0 saturated carbocycles. The van der Waals surface area contributed by atoms with Crippen LogP contribution in [0.25, 0.3) is 11.0 Å². The first-order valence-corrected chi connectivity index (χ1v) is 7.98. The first kappa shape index (κ1) is 15.9. The number of imidazole rings is 1. The van der Waals surface area contributed by atoms with Crippen LogP contribution in [0.15, 0.2) is 72.8 Å². The minimum Gasteiger partial charge on any atom is -0.324 e. The summed E-state index contributed by atoms with van der Waals surface area (Å²) >= 11 is 0. The monoisotopic (exact) mass is 315 g/mol. The smallest absolute Gasteiger partial charge is 0.107 e. The number of aromatic nitrogens is 2. The maximum absolute atomic E-state index is 8.20. The first-order valence-electron chi connectivity index (χ1n) is 7.98. The maximum atomic E-state index is 8.20. The van der Waals surface area contributed by atoms with Gasteiger partial charge in [0.1, 0.15) is 5.82 Å². The SMILES string of the molecule is C=C(C)/C=C\C(=N)c1cccc(Cn2c(C)nc3ccccc32)c1. The Balaban J connectivity index is 1.90. The topological polar surface area (TPSA) is 41.7 Å². The van der Waals surface area contributed by atoms with Crippen molar-refractivity contribution in [3.05, 3.63) is 89.8 Å². The maximum Gasteiger partial charge on any atom is 0.107 e. The van der Waals surface area contributed by atoms with Crippen molar-refractivity contribution in [2.24, 2.45) is 0 Å². The van der Waals surface area contributed by atoms with Crippen LogP contribution in [0.3, 0.4) is 0 Å². The number of hydrogen-bond acceptors (Lipinski definition) is 2. The number of aryl methyl sites for hydroxylation is 1. The van der Waals surface area contributed by atoms with Crippen LogP contribution in [-0.4, -0.2) is 15.3 Å². The lowest BCUT2D eigenvalue weighted by Crippen LogP contribution is -2.03. The number of nitrogens with zero attached hydrogens (tertiary/aromatic N) is 2. The number of fused-ring (bicyclic) bond motifs is 1. The first-order chi connectivity index (χ1) is 11.5. The molecule has 3 rings (SSSR count). The van der Waals surface area contributed by atoms with Crippen molar-refractivity contribution >= 4 is 16.7 Å². The summed E-state index contributed by atoms with van der Waals surface area (Å²) in [7, 11) is 0. The van der Waals surface area contributed by atoms with E-state index >= 15 is 0 Å². The second-order valence-corrected chi connectivity index (χ2v) is 6.03. The highest BCUT2D eigenvalue weighted by Gasteiger charge is 2.08. The Morgan fingerprint density at radius 3 is 2.75 bits per heavy atom. The largest absolute Gasteiger partial charge is 0.324 e. The Hall–Kier alpha value is -2.94. The number of hydrogen-bond donors (Lipinski definition) is 1. The number of allylic oxidation sites excluding steroid dienone is 3. The van der Waals surface area contributed by atoms with Gasteiger partial charge in [0.15, 0.2) is 0 Å². The molecule has 120 valence electrons. The molecule has 0 unspecified atom stereocenters. The Kier molecular flexibility index (Phi) is 4.43. The highest BCUT2D eigenvalue weighted by molar-refractivity contribution is 6.06. The second kappa shape index (κ2) is 6.67. The van der Waals surface area contributed by atoms with Gasteiger partial charge in [-0.05, 0) is 49.2 Å². The fourth-order valence-electron chi connectivity index (χ4n) is 2.74. The van der Waals surface area contributed by atoms with Gasteiger partial charge in [0.2, 0.25) is 0 Å². The molecular weight excluding hydrogens is 294 g/mol. The van der Waals surface area contributed by atoms with E-state index in [0.29, 0.717) is 5.71 Å². The lowest BCUT2D eigenvalue weighted by molar-refractivity contribution is 0.786. The molecular formula is C21H21N3. The number of rotatable bonds is 5. The van der Waals surface area contributed by atoms with Crippen molar-refractivity contribution in [3.8, 4) is 0 Å². The van der Waals surface area contributed by atoms with Crippen molar-refractivity contribution in [3.63, 3.8) is 0 Å². The average molecular weight is 315 g/mol. The molecule has 0 spiro atoms. The summed E-state index contributed by atoms with van der Waals surface area (Å²) in [5.41, 5.74) is 5.66. The van der Waals surface area contributed by atoms with Crippen molar-refractivity contribution in [2.45, 2.75) is 20.4 Å². The van der Waals surface area contributed by atoms with E-state index < -0.39 is 0 Å². The number of nitrogens with one attached hydrogen (secondary N) is 1. The highest BCUT2D eigenvalue weighted by atomic mass is 15.1. The third kappa shape index (κ3) is 3.35. The van der Waals surface area contributed by atoms with Gasteiger partial charge in [-0.1, -0.05) is 48.6 Å². The van der Waals surface area contributed by atoms with Crippen LogP contribution < -0.4 is 0 Å². The van der Waals surface area contributed by atoms with Crippen LogP contribution in [0, 0.1) is 12.3 Å². The Morgan fingerprint density at radius 1 is 1.17 bits per heavy atom. The lowest BCUT2D eigenvalue weighted by Gasteiger charge is -2.09. The van der Waals surface area contributed by atoms with Gasteiger partial charge >= 0.3 is 0 Å². The highest BCUT2D eigenvalue weighted by Crippen LogP contribution is 2.18. The van der Waals surface area contributed by atoms with E-state index in [4.69, 9.17) is 5.41 Å². The predicted octanol–water partition coefficient (Wildman–Crippen LogP) is 4.89. The van der Waals surface area contributed by atoms with E-state index in [-0.39, 0.29) is 0 Å². The molecule has 0 saturated heterocycles. The molecule has 3 heteroatoms. The van der Waals surface area contributed by atoms with Crippen molar-refractivity contribution in [1.82, 2.24) is 9.55 Å². The van der Waals surface area contributed by atoms with E-state index in [1.54, 1.807) is 6.08 Å². The molecule has 3 aromatic rings. The fraction of sp³-hybridized carbons (Fsp3) is 0.143. The van der Waals surface area contributed by atoms with Gasteiger partial charge < -0.3 is 9.98 Å². The van der Waals surface area contributed by atoms with Gasteiger partial charge in [-0.15, -0.1) is 0 Å². The van der Waals surface area contributed by atoms with Gasteiger partial charge in [0.25, 0.3) is 0 Å². The van der Waals surface area contributed by atoms with Crippen LogP contribution in [0.4, 0.5) is 0 Å². The summed E-state index contributed by atoms with van der Waals surface area (Å²) in [6.45, 7) is 8.53. The standard InChI is InChI=1S/C21H21N3/c1-15(2)11-12-19(22)18-8-6-7-17(13-18)14-24-16(3)23-20-9-4-5-10-21(20)24/h4-13,22H,1,14H2,2-3H3/b12-11-,22-19?. The van der Waals surface area contributed by atoms with E-state index in [1.165, 1.54) is 0 Å². The fourth-order valence-corrected chi connectivity index (χ4v) is 2.74. The third-order valence-electron chi connectivity index (χ3n) is 3.96. The van der Waals surface area contributed by atoms with Crippen molar-refractivity contribution < 1.29 is 0 Å². The van der Waals surface area contributed by atoms with Crippen LogP contribution in [0.2, 0.25) is 0 Å². The summed E-state index contributed by atoms with van der Waals surface area (Å²) in [6.07, 6.45) is 3.65. The average Bonchev–Trinajstić information content (AvgIpc) is 2.89. The zero-order valence-electron chi connectivity index (χ0n) is 14.1. The normalized spacial score (nSPS) is 11.2. The third-order valence-corrected chi connectivity index (χ3v) is 3.96. The lowest BCUT2D eigenvalue weighted by atomic mass is 10.1. The molecule has 1 N–H and O–H groups in total. The Bertz CT molecular complexity index is 945. The summed E-state index contributed by atoms with van der Waals surface area (Å²) in [5.74, 6) is 0.999. The molecule has 0 atom stereocenters. The molecule has 1 heterocycles. The van der Waals surface area contributed by atoms with Gasteiger partial charge in [-0.3, -0.25) is 0 Å². The molecule has 1 aromatic heterocycles. The Labute approximate surface area is 142 Å². The number of benzene rings is 2. The zero-order chi connectivity index (χ0) is 17.1. The predicted molar refractivity (Wildman–Crippen MR) is 101 cm³/mol. The van der Waals surface area contributed by atoms with E-state index in [0.717, 1.165) is 40.1 Å². The summed E-state index contributed by atoms with van der Waals surface area (Å²) in [4.78, 5) is 4.62. The van der Waals surface area contributed by atoms with Gasteiger partial charge in [-0.25, -0.2) is 4.98 Å². The molecule has 2 aromatic carbocycles. The number of para-hydroxylation sites is 2. The van der Waals surface area contributed by atoms with Crippen LogP contribution in [0.5, 0.6) is 0 Å². The van der Waals surface area contributed by atoms with E-state index in [2.05, 4.69) is 34.3 Å². The van der Waals surface area contributed by atoms with Crippen LogP contribution in [0.1, 0.15) is 23.9 Å².